The van der Waals surface area contributed by atoms with E-state index in [0.29, 0.717) is 30.2 Å². The number of carbonyl (C=O) groups excluding carboxylic acids is 1. The number of fused-ring (bicyclic) bond motifs is 1. The van der Waals surface area contributed by atoms with Crippen LogP contribution in [0.5, 0.6) is 5.75 Å². The van der Waals surface area contributed by atoms with E-state index in [0.717, 1.165) is 24.8 Å². The molecule has 3 heterocycles. The molecule has 4 aliphatic rings. The van der Waals surface area contributed by atoms with E-state index in [1.165, 1.54) is 7.11 Å². The first-order valence-corrected chi connectivity index (χ1v) is 10.6. The van der Waals surface area contributed by atoms with E-state index >= 15 is 0 Å². The zero-order chi connectivity index (χ0) is 20.6. The van der Waals surface area contributed by atoms with Gasteiger partial charge in [0.25, 0.3) is 0 Å². The normalized spacial score (nSPS) is 34.0. The molecular weight excluding hydrogens is 371 g/mol. The van der Waals surface area contributed by atoms with Gasteiger partial charge in [0.1, 0.15) is 0 Å². The van der Waals surface area contributed by atoms with E-state index in [1.807, 2.05) is 6.92 Å². The molecule has 0 radical (unpaired) electrons. The number of aliphatic hydroxyl groups is 1. The Labute approximate surface area is 170 Å². The first kappa shape index (κ1) is 18.9. The van der Waals surface area contributed by atoms with Gasteiger partial charge in [-0.15, -0.1) is 0 Å². The lowest BCUT2D eigenvalue weighted by atomic mass is 9.54. The van der Waals surface area contributed by atoms with Crippen molar-refractivity contribution in [3.05, 3.63) is 29.7 Å². The van der Waals surface area contributed by atoms with Crippen LogP contribution in [-0.2, 0) is 4.79 Å². The summed E-state index contributed by atoms with van der Waals surface area (Å²) in [5, 5.41) is 11.4. The minimum atomic E-state index is -0.598. The first-order chi connectivity index (χ1) is 13.7. The van der Waals surface area contributed by atoms with Gasteiger partial charge in [-0.1, -0.05) is 13.8 Å². The number of aromatic amines is 1. The molecule has 1 aromatic heterocycles. The number of nitrogens with zero attached hydrogens (tertiary/aromatic N) is 1. The van der Waals surface area contributed by atoms with Crippen LogP contribution in [0.15, 0.2) is 18.3 Å². The van der Waals surface area contributed by atoms with E-state index in [4.69, 9.17) is 4.74 Å². The van der Waals surface area contributed by atoms with Crippen LogP contribution in [0.1, 0.15) is 63.9 Å². The maximum Gasteiger partial charge on any atom is 0.223 e. The van der Waals surface area contributed by atoms with Crippen molar-refractivity contribution in [2.24, 2.45) is 5.41 Å². The van der Waals surface area contributed by atoms with Crippen molar-refractivity contribution in [1.82, 2.24) is 9.88 Å². The molecule has 5 nitrogen and oxygen atoms in total. The summed E-state index contributed by atoms with van der Waals surface area (Å²) in [6.07, 6.45) is 6.35. The molecule has 2 saturated heterocycles. The highest BCUT2D eigenvalue weighted by Crippen LogP contribution is 2.57. The Hall–Kier alpha value is -2.08. The Balaban J connectivity index is 1.39. The maximum absolute atomic E-state index is 14.9. The number of benzene rings is 1. The second kappa shape index (κ2) is 6.21. The van der Waals surface area contributed by atoms with Gasteiger partial charge >= 0.3 is 0 Å². The second-order valence-corrected chi connectivity index (χ2v) is 9.99. The van der Waals surface area contributed by atoms with Crippen molar-refractivity contribution in [1.29, 1.82) is 0 Å². The van der Waals surface area contributed by atoms with Gasteiger partial charge in [-0.3, -0.25) is 4.79 Å². The number of methoxy groups -OCH3 is 1. The van der Waals surface area contributed by atoms with Crippen molar-refractivity contribution in [3.63, 3.8) is 0 Å². The van der Waals surface area contributed by atoms with Crippen LogP contribution in [0.2, 0.25) is 0 Å². The number of carbonyl (C=O) groups is 1. The van der Waals surface area contributed by atoms with Crippen molar-refractivity contribution in [2.45, 2.75) is 76.0 Å². The maximum atomic E-state index is 14.9. The average molecular weight is 400 g/mol. The SMILES string of the molecule is COc1ccc2[nH]cc(C(C)CC(=O)N3C4CC5(C)CC3CC(O)(C4)C5)c2c1F. The van der Waals surface area contributed by atoms with Gasteiger partial charge < -0.3 is 19.7 Å². The fourth-order valence-electron chi connectivity index (χ4n) is 6.72. The van der Waals surface area contributed by atoms with Crippen molar-refractivity contribution in [3.8, 4) is 5.75 Å². The third-order valence-corrected chi connectivity index (χ3v) is 7.53. The molecule has 2 saturated carbocycles. The summed E-state index contributed by atoms with van der Waals surface area (Å²) in [5.41, 5.74) is 1.07. The molecule has 2 N–H and O–H groups in total. The first-order valence-electron chi connectivity index (χ1n) is 10.6. The Kier molecular flexibility index (Phi) is 4.05. The molecule has 156 valence electrons. The number of halogens is 1. The van der Waals surface area contributed by atoms with Gasteiger partial charge in [-0.2, -0.15) is 0 Å². The smallest absolute Gasteiger partial charge is 0.223 e. The van der Waals surface area contributed by atoms with Crippen molar-refractivity contribution in [2.75, 3.05) is 7.11 Å². The molecule has 0 spiro atoms. The van der Waals surface area contributed by atoms with Crippen LogP contribution >= 0.6 is 0 Å². The quantitative estimate of drug-likeness (QED) is 0.812. The van der Waals surface area contributed by atoms with Crippen molar-refractivity contribution < 1.29 is 19.0 Å². The zero-order valence-corrected chi connectivity index (χ0v) is 17.3. The van der Waals surface area contributed by atoms with Gasteiger partial charge in [0.2, 0.25) is 5.91 Å². The lowest BCUT2D eigenvalue weighted by molar-refractivity contribution is -0.193. The van der Waals surface area contributed by atoms with Gasteiger partial charge in [0.15, 0.2) is 11.6 Å². The highest BCUT2D eigenvalue weighted by molar-refractivity contribution is 5.87. The number of H-pyrrole nitrogens is 1. The van der Waals surface area contributed by atoms with Gasteiger partial charge in [0.05, 0.1) is 12.7 Å². The Morgan fingerprint density at radius 2 is 2.03 bits per heavy atom. The third-order valence-electron chi connectivity index (χ3n) is 7.53. The molecule has 1 aromatic carbocycles. The number of hydrogen-bond donors (Lipinski definition) is 2. The van der Waals surface area contributed by atoms with Crippen LogP contribution in [-0.4, -0.2) is 45.7 Å². The largest absolute Gasteiger partial charge is 0.494 e. The topological polar surface area (TPSA) is 65.6 Å². The highest BCUT2D eigenvalue weighted by atomic mass is 19.1. The monoisotopic (exact) mass is 400 g/mol. The zero-order valence-electron chi connectivity index (χ0n) is 17.3. The molecule has 3 atom stereocenters. The molecule has 6 rings (SSSR count). The third kappa shape index (κ3) is 2.87. The molecular formula is C23H29FN2O3. The highest BCUT2D eigenvalue weighted by Gasteiger charge is 2.59. The van der Waals surface area contributed by atoms with E-state index in [9.17, 15) is 14.3 Å². The summed E-state index contributed by atoms with van der Waals surface area (Å²) in [7, 11) is 1.46. The number of rotatable bonds is 4. The summed E-state index contributed by atoms with van der Waals surface area (Å²) in [4.78, 5) is 18.5. The molecule has 2 aliphatic heterocycles. The number of hydrogen-bond acceptors (Lipinski definition) is 3. The Morgan fingerprint density at radius 1 is 1.34 bits per heavy atom. The van der Waals surface area contributed by atoms with Crippen LogP contribution in [0.3, 0.4) is 0 Å². The van der Waals surface area contributed by atoms with Gasteiger partial charge in [-0.25, -0.2) is 4.39 Å². The lowest BCUT2D eigenvalue weighted by Crippen LogP contribution is -2.68. The second-order valence-electron chi connectivity index (χ2n) is 9.99. The van der Waals surface area contributed by atoms with E-state index < -0.39 is 5.60 Å². The van der Waals surface area contributed by atoms with E-state index in [-0.39, 0.29) is 40.9 Å². The van der Waals surface area contributed by atoms with Gasteiger partial charge in [-0.05, 0) is 61.1 Å². The summed E-state index contributed by atoms with van der Waals surface area (Å²) < 4.78 is 20.0. The minimum Gasteiger partial charge on any atom is -0.494 e. The molecule has 2 aliphatic carbocycles. The number of amides is 1. The number of ether oxygens (including phenoxy) is 1. The van der Waals surface area contributed by atoms with Crippen LogP contribution in [0, 0.1) is 11.2 Å². The Morgan fingerprint density at radius 3 is 2.66 bits per heavy atom. The fourth-order valence-corrected chi connectivity index (χ4v) is 6.72. The molecule has 6 heteroatoms. The molecule has 2 aromatic rings. The van der Waals surface area contributed by atoms with Crippen molar-refractivity contribution >= 4 is 16.8 Å². The standard InChI is InChI=1S/C23H29FN2O3/c1-13(16-11-25-17-4-5-18(29-3)21(24)20(16)17)6-19(27)26-14-7-22(2)8-15(26)10-23(28,9-14)12-22/h4-5,11,13-15,25,28H,6-10,12H2,1-3H3. The molecule has 3 unspecified atom stereocenters. The Bertz CT molecular complexity index is 948. The lowest BCUT2D eigenvalue weighted by Gasteiger charge is -2.63. The summed E-state index contributed by atoms with van der Waals surface area (Å²) >= 11 is 0. The number of piperidine rings is 2. The van der Waals surface area contributed by atoms with Crippen LogP contribution in [0.4, 0.5) is 4.39 Å². The predicted molar refractivity (Wildman–Crippen MR) is 108 cm³/mol. The molecule has 4 fully saturated rings. The molecule has 4 bridgehead atoms. The number of nitrogens with one attached hydrogen (secondary N) is 1. The molecule has 1 amide bonds. The van der Waals surface area contributed by atoms with Crippen LogP contribution in [0.25, 0.3) is 10.9 Å². The average Bonchev–Trinajstić information content (AvgIpc) is 3.04. The summed E-state index contributed by atoms with van der Waals surface area (Å²) in [5.74, 6) is -0.168. The number of aromatic nitrogens is 1. The summed E-state index contributed by atoms with van der Waals surface area (Å²) in [6, 6.07) is 3.67. The van der Waals surface area contributed by atoms with Crippen LogP contribution < -0.4 is 4.74 Å². The van der Waals surface area contributed by atoms with E-state index in [1.54, 1.807) is 18.3 Å². The summed E-state index contributed by atoms with van der Waals surface area (Å²) in [6.45, 7) is 4.23. The van der Waals surface area contributed by atoms with Gasteiger partial charge in [0, 0.05) is 35.6 Å². The van der Waals surface area contributed by atoms with E-state index in [2.05, 4.69) is 16.8 Å². The fraction of sp³-hybridized carbons (Fsp3) is 0.609. The minimum absolute atomic E-state index is 0.117. The predicted octanol–water partition coefficient (Wildman–Crippen LogP) is 4.10. The molecule has 29 heavy (non-hydrogen) atoms.